The van der Waals surface area contributed by atoms with Crippen molar-refractivity contribution in [3.63, 3.8) is 0 Å². The van der Waals surface area contributed by atoms with Crippen molar-refractivity contribution in [2.24, 2.45) is 0 Å². The average Bonchev–Trinajstić information content (AvgIpc) is 3.03. The zero-order valence-electron chi connectivity index (χ0n) is 28.5. The van der Waals surface area contributed by atoms with Crippen molar-refractivity contribution in [1.29, 1.82) is 0 Å². The fourth-order valence-corrected chi connectivity index (χ4v) is 7.22. The van der Waals surface area contributed by atoms with Crippen LogP contribution in [0.4, 0.5) is 0 Å². The van der Waals surface area contributed by atoms with Crippen LogP contribution in [-0.2, 0) is 0 Å². The maximum Gasteiger partial charge on any atom is 0.128 e. The Labute approximate surface area is 270 Å². The summed E-state index contributed by atoms with van der Waals surface area (Å²) in [6.07, 6.45) is 6.76. The molecule has 5 rings (SSSR count). The average molecular weight is 599 g/mol. The van der Waals surface area contributed by atoms with Gasteiger partial charge in [0.1, 0.15) is 11.5 Å². The lowest BCUT2D eigenvalue weighted by atomic mass is 9.80. The summed E-state index contributed by atoms with van der Waals surface area (Å²) in [6, 6.07) is 13.7. The number of benzene rings is 5. The molecule has 0 saturated heterocycles. The van der Waals surface area contributed by atoms with Crippen LogP contribution in [0, 0.1) is 0 Å². The van der Waals surface area contributed by atoms with Gasteiger partial charge < -0.3 is 9.47 Å². The third-order valence-corrected chi connectivity index (χ3v) is 9.24. The minimum absolute atomic E-state index is 0.572. The smallest absolute Gasteiger partial charge is 0.128 e. The first-order valence-electron chi connectivity index (χ1n) is 17.0. The van der Waals surface area contributed by atoms with E-state index in [4.69, 9.17) is 9.47 Å². The summed E-state index contributed by atoms with van der Waals surface area (Å²) < 4.78 is 13.1. The highest BCUT2D eigenvalue weighted by atomic mass is 16.5. The molecule has 5 aromatic carbocycles. The lowest BCUT2D eigenvalue weighted by molar-refractivity contribution is 0.344. The fourth-order valence-electron chi connectivity index (χ4n) is 7.22. The van der Waals surface area contributed by atoms with Gasteiger partial charge in [-0.3, -0.25) is 0 Å². The summed E-state index contributed by atoms with van der Waals surface area (Å²) in [5, 5.41) is 9.50. The Morgan fingerprint density at radius 3 is 1.27 bits per heavy atom. The van der Waals surface area contributed by atoms with Gasteiger partial charge in [0.25, 0.3) is 0 Å². The van der Waals surface area contributed by atoms with Gasteiger partial charge >= 0.3 is 0 Å². The van der Waals surface area contributed by atoms with Crippen molar-refractivity contribution in [3.8, 4) is 11.5 Å². The highest BCUT2D eigenvalue weighted by Crippen LogP contribution is 2.53. The molecule has 0 unspecified atom stereocenters. The van der Waals surface area contributed by atoms with Crippen molar-refractivity contribution in [2.75, 3.05) is 13.2 Å². The molecule has 2 heteroatoms. The second kappa shape index (κ2) is 13.5. The van der Waals surface area contributed by atoms with Gasteiger partial charge in [0, 0.05) is 16.2 Å². The van der Waals surface area contributed by atoms with Gasteiger partial charge in [0.05, 0.1) is 13.2 Å². The molecule has 0 aromatic heterocycles. The first-order chi connectivity index (χ1) is 21.8. The highest BCUT2D eigenvalue weighted by molar-refractivity contribution is 6.38. The van der Waals surface area contributed by atoms with E-state index in [1.807, 2.05) is 0 Å². The van der Waals surface area contributed by atoms with E-state index in [0.29, 0.717) is 13.2 Å². The number of hydrogen-bond acceptors (Lipinski definition) is 2. The van der Waals surface area contributed by atoms with E-state index < -0.39 is 0 Å². The predicted octanol–water partition coefficient (Wildman–Crippen LogP) is 13.4. The Morgan fingerprint density at radius 1 is 0.467 bits per heavy atom. The first-order valence-corrected chi connectivity index (χ1v) is 17.0. The number of hydrogen-bond donors (Lipinski definition) is 0. The Bertz CT molecular complexity index is 1870. The molecule has 0 amide bonds. The molecule has 0 heterocycles. The van der Waals surface area contributed by atoms with E-state index in [-0.39, 0.29) is 0 Å². The van der Waals surface area contributed by atoms with E-state index in [9.17, 15) is 0 Å². The van der Waals surface area contributed by atoms with E-state index in [1.165, 1.54) is 43.4 Å². The summed E-state index contributed by atoms with van der Waals surface area (Å²) in [7, 11) is 0. The van der Waals surface area contributed by atoms with Gasteiger partial charge in [0.15, 0.2) is 0 Å². The molecule has 0 radical (unpaired) electrons. The van der Waals surface area contributed by atoms with Crippen LogP contribution < -0.4 is 9.47 Å². The molecule has 0 bridgehead atoms. The molecule has 0 aliphatic carbocycles. The summed E-state index contributed by atoms with van der Waals surface area (Å²) in [5.74, 6) is 1.79. The number of rotatable bonds is 15. The molecule has 0 atom stereocenters. The lowest BCUT2D eigenvalue weighted by Gasteiger charge is -2.26. The van der Waals surface area contributed by atoms with Crippen LogP contribution in [-0.4, -0.2) is 13.2 Å². The van der Waals surface area contributed by atoms with E-state index in [1.54, 1.807) is 0 Å². The van der Waals surface area contributed by atoms with Gasteiger partial charge in [-0.15, -0.1) is 0 Å². The number of allylic oxidation sites excluding steroid dienone is 4. The molecule has 2 nitrogen and oxygen atoms in total. The zero-order chi connectivity index (χ0) is 32.4. The van der Waals surface area contributed by atoms with E-state index in [2.05, 4.69) is 104 Å². The van der Waals surface area contributed by atoms with Crippen molar-refractivity contribution in [2.45, 2.75) is 86.5 Å². The predicted molar refractivity (Wildman–Crippen MR) is 201 cm³/mol. The molecule has 234 valence electrons. The van der Waals surface area contributed by atoms with Crippen molar-refractivity contribution >= 4 is 65.4 Å². The normalized spacial score (nSPS) is 11.6. The lowest BCUT2D eigenvalue weighted by Crippen LogP contribution is -2.03. The molecule has 0 aliphatic heterocycles. The Balaban J connectivity index is 2.16. The minimum atomic E-state index is 0.572. The number of fused-ring (bicyclic) bond motifs is 2. The third-order valence-electron chi connectivity index (χ3n) is 9.24. The van der Waals surface area contributed by atoms with Crippen LogP contribution in [0.2, 0.25) is 0 Å². The summed E-state index contributed by atoms with van der Waals surface area (Å²) >= 11 is 0. The van der Waals surface area contributed by atoms with Crippen LogP contribution in [0.5, 0.6) is 11.5 Å². The minimum Gasteiger partial charge on any atom is -0.493 e. The highest BCUT2D eigenvalue weighted by Gasteiger charge is 2.27. The Hall–Kier alpha value is -4.04. The zero-order valence-corrected chi connectivity index (χ0v) is 28.5. The molecule has 0 fully saturated rings. The van der Waals surface area contributed by atoms with Gasteiger partial charge in [-0.25, -0.2) is 0 Å². The molecule has 0 saturated carbocycles. The number of ether oxygens (including phenoxy) is 2. The van der Waals surface area contributed by atoms with Crippen LogP contribution >= 0.6 is 0 Å². The van der Waals surface area contributed by atoms with Crippen molar-refractivity contribution in [1.82, 2.24) is 0 Å². The molecule has 45 heavy (non-hydrogen) atoms. The summed E-state index contributed by atoms with van der Waals surface area (Å²) in [6.45, 7) is 32.4. The Kier molecular flexibility index (Phi) is 9.73. The van der Waals surface area contributed by atoms with Crippen molar-refractivity contribution < 1.29 is 9.47 Å². The van der Waals surface area contributed by atoms with Crippen LogP contribution in [0.1, 0.15) is 109 Å². The maximum absolute atomic E-state index is 6.56. The third kappa shape index (κ3) is 5.43. The van der Waals surface area contributed by atoms with Gasteiger partial charge in [-0.1, -0.05) is 97.5 Å². The van der Waals surface area contributed by atoms with Gasteiger partial charge in [-0.05, 0) is 123 Å². The topological polar surface area (TPSA) is 18.5 Å². The second-order valence-corrected chi connectivity index (χ2v) is 12.3. The monoisotopic (exact) mass is 598 g/mol. The standard InChI is InChI=1S/C43H50O2/c1-11-17-27(8)31-21-23-33-39-32(22-20-30(38(31)39)26(7)14-4)41-36(44-15-5)24-34(28(9)18-12-2)40-35(29(10)19-13-3)25-37(45-16-6)42(33)43(40)41/h20-25H,7-19H2,1-6H3. The molecular formula is C43H50O2. The summed E-state index contributed by atoms with van der Waals surface area (Å²) in [4.78, 5) is 0. The molecule has 0 spiro atoms. The van der Waals surface area contributed by atoms with E-state index >= 15 is 0 Å². The Morgan fingerprint density at radius 2 is 0.867 bits per heavy atom. The quantitative estimate of drug-likeness (QED) is 0.0881. The van der Waals surface area contributed by atoms with Gasteiger partial charge in [-0.2, -0.15) is 0 Å². The second-order valence-electron chi connectivity index (χ2n) is 12.3. The fraction of sp³-hybridized carbons (Fsp3) is 0.349. The largest absolute Gasteiger partial charge is 0.493 e. The van der Waals surface area contributed by atoms with E-state index in [0.717, 1.165) is 101 Å². The molecule has 5 aromatic rings. The first kappa shape index (κ1) is 32.4. The van der Waals surface area contributed by atoms with Gasteiger partial charge in [0.2, 0.25) is 0 Å². The SMILES string of the molecule is C=C(CC)c1ccc2c3c(OCC)cc(C(=C)CCC)c4c(C(=C)CCC)cc(OCC)c(c5ccc(C(=C)CCC)c1c25)c43. The van der Waals surface area contributed by atoms with Crippen molar-refractivity contribution in [3.05, 3.63) is 85.0 Å². The van der Waals surface area contributed by atoms with Crippen LogP contribution in [0.3, 0.4) is 0 Å². The molecule has 0 aliphatic rings. The van der Waals surface area contributed by atoms with Crippen LogP contribution in [0.15, 0.2) is 62.7 Å². The molecular weight excluding hydrogens is 548 g/mol. The van der Waals surface area contributed by atoms with Crippen LogP contribution in [0.25, 0.3) is 65.4 Å². The summed E-state index contributed by atoms with van der Waals surface area (Å²) in [5.41, 5.74) is 9.26. The molecule has 0 N–H and O–H groups in total. The maximum atomic E-state index is 6.56.